The number of hydrogen-bond acceptors (Lipinski definition) is 3. The summed E-state index contributed by atoms with van der Waals surface area (Å²) in [5, 5.41) is 0.949. The Balaban J connectivity index is 1.67. The normalized spacial score (nSPS) is 10.2. The van der Waals surface area contributed by atoms with Gasteiger partial charge >= 0.3 is 0 Å². The largest absolute Gasteiger partial charge is 0.493 e. The van der Waals surface area contributed by atoms with Gasteiger partial charge in [-0.25, -0.2) is 0 Å². The van der Waals surface area contributed by atoms with Crippen molar-refractivity contribution in [3.63, 3.8) is 0 Å². The van der Waals surface area contributed by atoms with Crippen molar-refractivity contribution in [3.8, 4) is 17.6 Å². The van der Waals surface area contributed by atoms with Crippen molar-refractivity contribution >= 4 is 22.5 Å². The van der Waals surface area contributed by atoms with E-state index in [0.29, 0.717) is 12.2 Å². The monoisotopic (exact) mass is 372 g/mol. The predicted octanol–water partition coefficient (Wildman–Crippen LogP) is 5.08. The fourth-order valence-corrected chi connectivity index (χ4v) is 2.87. The molecule has 0 spiro atoms. The minimum Gasteiger partial charge on any atom is -0.493 e. The Bertz CT molecular complexity index is 1020. The summed E-state index contributed by atoms with van der Waals surface area (Å²) in [5.74, 6) is 6.85. The Kier molecular flexibility index (Phi) is 6.64. The summed E-state index contributed by atoms with van der Waals surface area (Å²) >= 11 is 0. The van der Waals surface area contributed by atoms with Gasteiger partial charge in [-0.3, -0.25) is 9.78 Å². The Morgan fingerprint density at radius 1 is 1.11 bits per heavy atom. The van der Waals surface area contributed by atoms with Crippen LogP contribution in [0.5, 0.6) is 5.75 Å². The number of rotatable bonds is 6. The van der Waals surface area contributed by atoms with E-state index < -0.39 is 0 Å². The molecular weight excluding hydrogens is 348 g/mol. The number of ether oxygens (including phenoxy) is 1. The van der Waals surface area contributed by atoms with Crippen LogP contribution >= 0.6 is 0 Å². The van der Waals surface area contributed by atoms with Gasteiger partial charge in [0, 0.05) is 48.8 Å². The molecule has 28 heavy (non-hydrogen) atoms. The zero-order chi connectivity index (χ0) is 19.8. The highest BCUT2D eigenvalue weighted by atomic mass is 16.5. The van der Waals surface area contributed by atoms with Gasteiger partial charge in [0.1, 0.15) is 5.75 Å². The predicted molar refractivity (Wildman–Crippen MR) is 114 cm³/mol. The van der Waals surface area contributed by atoms with E-state index in [0.717, 1.165) is 41.6 Å². The lowest BCUT2D eigenvalue weighted by Crippen LogP contribution is -2.26. The number of aromatic nitrogens is 1. The van der Waals surface area contributed by atoms with Crippen molar-refractivity contribution < 1.29 is 9.53 Å². The molecule has 2 aromatic carbocycles. The molecule has 3 rings (SSSR count). The Hall–Kier alpha value is -3.32. The summed E-state index contributed by atoms with van der Waals surface area (Å²) in [5.41, 5.74) is 2.30. The van der Waals surface area contributed by atoms with Gasteiger partial charge in [0.25, 0.3) is 5.91 Å². The molecule has 142 valence electrons. The van der Waals surface area contributed by atoms with E-state index in [4.69, 9.17) is 4.74 Å². The second-order valence-electron chi connectivity index (χ2n) is 6.43. The van der Waals surface area contributed by atoms with Gasteiger partial charge in [0.15, 0.2) is 0 Å². The van der Waals surface area contributed by atoms with Gasteiger partial charge in [-0.1, -0.05) is 19.1 Å². The topological polar surface area (TPSA) is 42.4 Å². The lowest BCUT2D eigenvalue weighted by atomic mass is 10.1. The molecule has 4 heteroatoms. The van der Waals surface area contributed by atoms with Gasteiger partial charge in [-0.05, 0) is 42.8 Å². The maximum absolute atomic E-state index is 12.9. The van der Waals surface area contributed by atoms with Crippen molar-refractivity contribution in [2.75, 3.05) is 18.6 Å². The number of amides is 1. The van der Waals surface area contributed by atoms with Crippen molar-refractivity contribution in [1.29, 1.82) is 0 Å². The van der Waals surface area contributed by atoms with Crippen molar-refractivity contribution in [3.05, 3.63) is 66.4 Å². The molecule has 0 saturated carbocycles. The van der Waals surface area contributed by atoms with E-state index in [1.165, 1.54) is 0 Å². The minimum absolute atomic E-state index is 0.0715. The number of hydrogen-bond donors (Lipinski definition) is 0. The molecule has 0 N–H and O–H groups in total. The molecule has 0 fully saturated rings. The van der Waals surface area contributed by atoms with E-state index in [9.17, 15) is 4.79 Å². The maximum atomic E-state index is 12.9. The number of anilines is 1. The minimum atomic E-state index is -0.0715. The quantitative estimate of drug-likeness (QED) is 0.447. The van der Waals surface area contributed by atoms with E-state index in [1.807, 2.05) is 61.5 Å². The van der Waals surface area contributed by atoms with Gasteiger partial charge in [0.05, 0.1) is 12.1 Å². The van der Waals surface area contributed by atoms with Crippen LogP contribution in [0.15, 0.2) is 60.8 Å². The van der Waals surface area contributed by atoms with Gasteiger partial charge < -0.3 is 9.64 Å². The molecular formula is C24H24N2O2. The molecule has 4 nitrogen and oxygen atoms in total. The third-order valence-corrected chi connectivity index (χ3v) is 4.38. The molecule has 0 unspecified atom stereocenters. The number of nitrogens with zero attached hydrogens (tertiary/aromatic N) is 2. The summed E-state index contributed by atoms with van der Waals surface area (Å²) in [7, 11) is 1.77. The number of pyridine rings is 1. The Morgan fingerprint density at radius 3 is 2.86 bits per heavy atom. The van der Waals surface area contributed by atoms with Crippen LogP contribution < -0.4 is 9.64 Å². The Morgan fingerprint density at radius 2 is 2.00 bits per heavy atom. The third-order valence-electron chi connectivity index (χ3n) is 4.38. The SMILES string of the molecule is CCC#CCCCOc1cccc(N(C)C(=O)c2ccc3ncccc3c2)c1. The summed E-state index contributed by atoms with van der Waals surface area (Å²) in [6.45, 7) is 2.65. The van der Waals surface area contributed by atoms with Gasteiger partial charge in [-0.2, -0.15) is 0 Å². The Labute approximate surface area is 166 Å². The fourth-order valence-electron chi connectivity index (χ4n) is 2.87. The molecule has 1 amide bonds. The molecule has 1 heterocycles. The summed E-state index contributed by atoms with van der Waals surface area (Å²) < 4.78 is 5.81. The first-order valence-corrected chi connectivity index (χ1v) is 9.50. The first kappa shape index (κ1) is 19.4. The summed E-state index contributed by atoms with van der Waals surface area (Å²) in [6.07, 6.45) is 4.36. The lowest BCUT2D eigenvalue weighted by Gasteiger charge is -2.18. The smallest absolute Gasteiger partial charge is 0.258 e. The molecule has 1 aromatic heterocycles. The molecule has 0 bridgehead atoms. The van der Waals surface area contributed by atoms with E-state index in [2.05, 4.69) is 16.8 Å². The number of carbonyl (C=O) groups is 1. The number of benzene rings is 2. The second-order valence-corrected chi connectivity index (χ2v) is 6.43. The van der Waals surface area contributed by atoms with Crippen LogP contribution in [-0.4, -0.2) is 24.5 Å². The zero-order valence-corrected chi connectivity index (χ0v) is 16.3. The first-order valence-electron chi connectivity index (χ1n) is 9.50. The molecule has 0 aliphatic carbocycles. The highest BCUT2D eigenvalue weighted by Gasteiger charge is 2.14. The van der Waals surface area contributed by atoms with E-state index in [-0.39, 0.29) is 5.91 Å². The van der Waals surface area contributed by atoms with Crippen molar-refractivity contribution in [2.45, 2.75) is 26.2 Å². The number of fused-ring (bicyclic) bond motifs is 1. The number of carbonyl (C=O) groups excluding carboxylic acids is 1. The summed E-state index contributed by atoms with van der Waals surface area (Å²) in [6, 6.07) is 17.0. The van der Waals surface area contributed by atoms with Crippen LogP contribution in [0.1, 0.15) is 36.5 Å². The molecule has 3 aromatic rings. The van der Waals surface area contributed by atoms with Gasteiger partial charge in [-0.15, -0.1) is 11.8 Å². The zero-order valence-electron chi connectivity index (χ0n) is 16.3. The second kappa shape index (κ2) is 9.57. The van der Waals surface area contributed by atoms with Crippen LogP contribution in [0.2, 0.25) is 0 Å². The molecule has 0 aliphatic heterocycles. The van der Waals surface area contributed by atoms with Crippen LogP contribution in [0, 0.1) is 11.8 Å². The molecule has 0 radical (unpaired) electrons. The third kappa shape index (κ3) is 4.89. The maximum Gasteiger partial charge on any atom is 0.258 e. The van der Waals surface area contributed by atoms with E-state index >= 15 is 0 Å². The van der Waals surface area contributed by atoms with Crippen LogP contribution in [-0.2, 0) is 0 Å². The van der Waals surface area contributed by atoms with Crippen LogP contribution in [0.4, 0.5) is 5.69 Å². The number of unbranched alkanes of at least 4 members (excludes halogenated alkanes) is 1. The molecule has 0 atom stereocenters. The average molecular weight is 372 g/mol. The van der Waals surface area contributed by atoms with Crippen molar-refractivity contribution in [2.24, 2.45) is 0 Å². The van der Waals surface area contributed by atoms with Gasteiger partial charge in [0.2, 0.25) is 0 Å². The standard InChI is InChI=1S/C24H24N2O2/c1-3-4-5-6-7-16-28-22-12-8-11-21(18-22)26(2)24(27)20-13-14-23-19(17-20)10-9-15-25-23/h8-15,17-18H,3,6-7,16H2,1-2H3. The fraction of sp³-hybridized carbons (Fsp3) is 0.250. The van der Waals surface area contributed by atoms with E-state index in [1.54, 1.807) is 18.1 Å². The average Bonchev–Trinajstić information content (AvgIpc) is 2.75. The highest BCUT2D eigenvalue weighted by molar-refractivity contribution is 6.07. The highest BCUT2D eigenvalue weighted by Crippen LogP contribution is 2.23. The lowest BCUT2D eigenvalue weighted by molar-refractivity contribution is 0.0993. The van der Waals surface area contributed by atoms with Crippen LogP contribution in [0.25, 0.3) is 10.9 Å². The molecule has 0 aliphatic rings. The molecule has 0 saturated heterocycles. The first-order chi connectivity index (χ1) is 13.7. The summed E-state index contributed by atoms with van der Waals surface area (Å²) in [4.78, 5) is 18.8. The van der Waals surface area contributed by atoms with Crippen molar-refractivity contribution in [1.82, 2.24) is 4.98 Å². The van der Waals surface area contributed by atoms with Crippen LogP contribution in [0.3, 0.4) is 0 Å².